The molecule has 0 aliphatic heterocycles. The van der Waals surface area contributed by atoms with Crippen LogP contribution in [0.5, 0.6) is 0 Å². The predicted molar refractivity (Wildman–Crippen MR) is 158 cm³/mol. The molecule has 5 aromatic carbocycles. The van der Waals surface area contributed by atoms with Crippen molar-refractivity contribution in [2.45, 2.75) is 6.54 Å². The third-order valence-electron chi connectivity index (χ3n) is 6.21. The van der Waals surface area contributed by atoms with Crippen molar-refractivity contribution in [3.05, 3.63) is 145 Å². The minimum absolute atomic E-state index is 0.567. The molecule has 208 valence electrons. The molecule has 5 aromatic rings. The average Bonchev–Trinajstić information content (AvgIpc) is 2.94. The molecule has 0 radical (unpaired) electrons. The summed E-state index contributed by atoms with van der Waals surface area (Å²) in [5, 5.41) is 5.45. The van der Waals surface area contributed by atoms with Crippen LogP contribution in [-0.4, -0.2) is 0 Å². The van der Waals surface area contributed by atoms with E-state index in [1.807, 2.05) is 0 Å². The van der Waals surface area contributed by atoms with Crippen LogP contribution in [0.15, 0.2) is 140 Å². The van der Waals surface area contributed by atoms with Gasteiger partial charge in [-0.3, -0.25) is 0 Å². The molecule has 0 spiro atoms. The van der Waals surface area contributed by atoms with Crippen molar-refractivity contribution in [2.75, 3.05) is 0 Å². The molecule has 0 fully saturated rings. The molecule has 0 heterocycles. The molecule has 5 rings (SSSR count). The summed E-state index contributed by atoms with van der Waals surface area (Å²) in [6, 6.07) is 50.7. The van der Waals surface area contributed by atoms with E-state index in [-0.39, 0.29) is 0 Å². The van der Waals surface area contributed by atoms with Crippen molar-refractivity contribution < 1.29 is 25.2 Å². The Morgan fingerprint density at radius 3 is 1.00 bits per heavy atom. The van der Waals surface area contributed by atoms with Crippen LogP contribution in [-0.2, 0) is 6.54 Å². The molecule has 0 aliphatic rings. The first-order valence-corrected chi connectivity index (χ1v) is 16.1. The zero-order chi connectivity index (χ0) is 28.9. The van der Waals surface area contributed by atoms with Gasteiger partial charge in [0, 0.05) is 6.54 Å². The third kappa shape index (κ3) is 7.79. The summed E-state index contributed by atoms with van der Waals surface area (Å²) in [7, 11) is -12.7. The summed E-state index contributed by atoms with van der Waals surface area (Å²) >= 11 is 0. The van der Waals surface area contributed by atoms with Crippen molar-refractivity contribution in [3.63, 3.8) is 0 Å². The van der Waals surface area contributed by atoms with E-state index in [2.05, 4.69) is 140 Å². The molecule has 0 amide bonds. The number of halogens is 6. The molecule has 0 aliphatic carbocycles. The minimum atomic E-state index is -10.7. The second-order valence-corrected chi connectivity index (χ2v) is 14.4. The van der Waals surface area contributed by atoms with Gasteiger partial charge in [0.05, 0.1) is 0 Å². The van der Waals surface area contributed by atoms with Gasteiger partial charge in [-0.2, -0.15) is 0 Å². The molecule has 0 saturated heterocycles. The molecule has 1 nitrogen and oxygen atoms in total. The van der Waals surface area contributed by atoms with Crippen LogP contribution in [0, 0.1) is 0 Å². The van der Waals surface area contributed by atoms with E-state index in [9.17, 15) is 25.2 Å². The molecule has 0 unspecified atom stereocenters. The Labute approximate surface area is 229 Å². The van der Waals surface area contributed by atoms with Gasteiger partial charge in [-0.1, -0.05) is 91.0 Å². The van der Waals surface area contributed by atoms with Crippen molar-refractivity contribution in [1.82, 2.24) is 0 Å². The van der Waals surface area contributed by atoms with E-state index >= 15 is 0 Å². The second-order valence-electron chi connectivity index (χ2n) is 9.08. The van der Waals surface area contributed by atoms with Gasteiger partial charge in [0.1, 0.15) is 28.5 Å². The summed E-state index contributed by atoms with van der Waals surface area (Å²) in [6.07, 6.45) is 0. The zero-order valence-electron chi connectivity index (χ0n) is 21.2. The molecular formula is C31H27F6NP2. The Morgan fingerprint density at radius 2 is 0.700 bits per heavy atom. The second kappa shape index (κ2) is 10.8. The molecule has 0 bridgehead atoms. The molecule has 9 heteroatoms. The number of rotatable bonds is 6. The molecule has 0 saturated carbocycles. The third-order valence-corrected chi connectivity index (χ3v) is 10.5. The van der Waals surface area contributed by atoms with Crippen LogP contribution in [0.25, 0.3) is 11.1 Å². The van der Waals surface area contributed by atoms with E-state index in [1.54, 1.807) is 0 Å². The summed E-state index contributed by atoms with van der Waals surface area (Å²) < 4.78 is 59.2. The van der Waals surface area contributed by atoms with E-state index in [0.29, 0.717) is 6.54 Å². The summed E-state index contributed by atoms with van der Waals surface area (Å²) in [4.78, 5) is 0. The quantitative estimate of drug-likeness (QED) is 0.156. The summed E-state index contributed by atoms with van der Waals surface area (Å²) in [5.74, 6) is 0. The maximum atomic E-state index is 9.87. The Bertz CT molecular complexity index is 1420. The van der Waals surface area contributed by atoms with Gasteiger partial charge in [-0.25, -0.2) is 0 Å². The van der Waals surface area contributed by atoms with Crippen LogP contribution < -0.4 is 27.0 Å². The van der Waals surface area contributed by atoms with E-state index in [0.717, 1.165) is 5.56 Å². The Morgan fingerprint density at radius 1 is 0.425 bits per heavy atom. The first-order chi connectivity index (χ1) is 18.8. The normalized spacial score (nSPS) is 13.4. The number of nitrogens with two attached hydrogens (primary N) is 1. The Kier molecular flexibility index (Phi) is 7.97. The standard InChI is InChI=1S/C31H27NP.F6P/c32-24-25-16-18-26(19-17-25)27-20-22-31(23-21-27)33(28-10-4-1-5-11-28,29-12-6-2-7-13-29)30-14-8-3-9-15-30;1-7(2,3,4,5)6/h1-23H,24,32H2;/q+1;-1. The first-order valence-electron chi connectivity index (χ1n) is 12.3. The average molecular weight is 590 g/mol. The number of hydrogen-bond donors (Lipinski definition) is 1. The fourth-order valence-corrected chi connectivity index (χ4v) is 8.80. The maximum Gasteiger partial charge on any atom is 0.144 e. The summed E-state index contributed by atoms with van der Waals surface area (Å²) in [5.41, 5.74) is 9.35. The van der Waals surface area contributed by atoms with Gasteiger partial charge in [-0.15, -0.1) is 0 Å². The van der Waals surface area contributed by atoms with Gasteiger partial charge in [-0.05, 0) is 65.2 Å². The van der Waals surface area contributed by atoms with Crippen LogP contribution >= 0.6 is 15.1 Å². The van der Waals surface area contributed by atoms with Gasteiger partial charge in [0.15, 0.2) is 0 Å². The monoisotopic (exact) mass is 589 g/mol. The van der Waals surface area contributed by atoms with Crippen LogP contribution in [0.1, 0.15) is 5.56 Å². The van der Waals surface area contributed by atoms with Crippen molar-refractivity contribution in [3.8, 4) is 11.1 Å². The van der Waals surface area contributed by atoms with Crippen LogP contribution in [0.2, 0.25) is 0 Å². The Hall–Kier alpha value is -3.50. The molecular weight excluding hydrogens is 562 g/mol. The zero-order valence-corrected chi connectivity index (χ0v) is 23.0. The molecule has 0 atom stereocenters. The van der Waals surface area contributed by atoms with Gasteiger partial charge < -0.3 is 5.73 Å². The maximum absolute atomic E-state index is 10.7. The largest absolute Gasteiger partial charge is 0.326 e. The Balaban J connectivity index is 0.000000470. The SMILES string of the molecule is F[P-](F)(F)(F)(F)F.NCc1ccc(-c2ccc([P+](c3ccccc3)(c3ccccc3)c3ccccc3)cc2)cc1. The molecule has 2 N–H and O–H groups in total. The van der Waals surface area contributed by atoms with E-state index in [4.69, 9.17) is 5.73 Å². The minimum Gasteiger partial charge on any atom is -0.326 e. The van der Waals surface area contributed by atoms with E-state index < -0.39 is 15.1 Å². The van der Waals surface area contributed by atoms with E-state index in [1.165, 1.54) is 32.3 Å². The fraction of sp³-hybridized carbons (Fsp3) is 0.0323. The van der Waals surface area contributed by atoms with Crippen molar-refractivity contribution in [1.29, 1.82) is 0 Å². The van der Waals surface area contributed by atoms with Crippen molar-refractivity contribution in [2.24, 2.45) is 5.73 Å². The predicted octanol–water partition coefficient (Wildman–Crippen LogP) is 8.81. The molecule has 40 heavy (non-hydrogen) atoms. The molecule has 0 aromatic heterocycles. The topological polar surface area (TPSA) is 26.0 Å². The first kappa shape index (κ1) is 29.5. The van der Waals surface area contributed by atoms with Crippen LogP contribution in [0.3, 0.4) is 0 Å². The number of hydrogen-bond acceptors (Lipinski definition) is 1. The van der Waals surface area contributed by atoms with Gasteiger partial charge in [0.2, 0.25) is 0 Å². The van der Waals surface area contributed by atoms with Crippen molar-refractivity contribution >= 4 is 36.3 Å². The van der Waals surface area contributed by atoms with Gasteiger partial charge in [0.25, 0.3) is 0 Å². The van der Waals surface area contributed by atoms with Gasteiger partial charge >= 0.3 is 33.0 Å². The van der Waals surface area contributed by atoms with Crippen LogP contribution in [0.4, 0.5) is 25.2 Å². The smallest absolute Gasteiger partial charge is 0.144 e. The number of benzene rings is 5. The fourth-order valence-electron chi connectivity index (χ4n) is 4.56. The summed E-state index contributed by atoms with van der Waals surface area (Å²) in [6.45, 7) is 0.567.